The first kappa shape index (κ1) is 13.6. The number of hydrogen-bond acceptors (Lipinski definition) is 3. The third-order valence-corrected chi connectivity index (χ3v) is 5.32. The predicted molar refractivity (Wildman–Crippen MR) is 84.7 cm³/mol. The van der Waals surface area contributed by atoms with Crippen molar-refractivity contribution in [2.45, 2.75) is 32.1 Å². The van der Waals surface area contributed by atoms with Crippen molar-refractivity contribution in [2.24, 2.45) is 11.8 Å². The minimum atomic E-state index is 0.713. The second kappa shape index (κ2) is 5.62. The van der Waals surface area contributed by atoms with Crippen LogP contribution in [0.5, 0.6) is 0 Å². The van der Waals surface area contributed by atoms with Crippen molar-refractivity contribution in [1.82, 2.24) is 10.2 Å². The van der Waals surface area contributed by atoms with E-state index in [1.807, 2.05) is 7.11 Å². The lowest BCUT2D eigenvalue weighted by Crippen LogP contribution is -2.33. The van der Waals surface area contributed by atoms with Crippen LogP contribution in [0.15, 0.2) is 34.7 Å². The van der Waals surface area contributed by atoms with Gasteiger partial charge in [-0.15, -0.1) is 0 Å². The highest BCUT2D eigenvalue weighted by Gasteiger charge is 2.39. The molecule has 2 aliphatic carbocycles. The minimum Gasteiger partial charge on any atom is -0.384 e. The van der Waals surface area contributed by atoms with E-state index in [0.29, 0.717) is 5.92 Å². The molecular formula is C18H26N2O. The van der Waals surface area contributed by atoms with E-state index in [2.05, 4.69) is 22.4 Å². The van der Waals surface area contributed by atoms with E-state index < -0.39 is 0 Å². The van der Waals surface area contributed by atoms with Crippen LogP contribution < -0.4 is 5.32 Å². The van der Waals surface area contributed by atoms with Crippen LogP contribution in [0.3, 0.4) is 0 Å². The summed E-state index contributed by atoms with van der Waals surface area (Å²) >= 11 is 0. The Bertz CT molecular complexity index is 513. The van der Waals surface area contributed by atoms with E-state index in [0.717, 1.165) is 38.6 Å². The standard InChI is InChI=1S/C18H26N2O/c1-21-10-7-15-11-17(13-5-6-13)16-4-2-3-14-12-19-8-9-20(15)18(14)16/h3,11,13,17,19H,2,4-10,12H2,1H3. The molecule has 2 fully saturated rings. The number of nitrogens with zero attached hydrogens (tertiary/aromatic N) is 1. The third-order valence-electron chi connectivity index (χ3n) is 5.32. The van der Waals surface area contributed by atoms with Gasteiger partial charge in [-0.2, -0.15) is 0 Å². The van der Waals surface area contributed by atoms with Gasteiger partial charge < -0.3 is 15.0 Å². The van der Waals surface area contributed by atoms with E-state index in [4.69, 9.17) is 4.74 Å². The molecule has 2 aliphatic heterocycles. The number of allylic oxidation sites excluding steroid dienone is 3. The number of hydrogen-bond donors (Lipinski definition) is 1. The molecule has 21 heavy (non-hydrogen) atoms. The van der Waals surface area contributed by atoms with Crippen molar-refractivity contribution < 1.29 is 4.74 Å². The molecule has 1 atom stereocenters. The van der Waals surface area contributed by atoms with Crippen LogP contribution in [-0.2, 0) is 4.74 Å². The van der Waals surface area contributed by atoms with Crippen molar-refractivity contribution in [2.75, 3.05) is 33.4 Å². The summed E-state index contributed by atoms with van der Waals surface area (Å²) in [5.74, 6) is 1.63. The van der Waals surface area contributed by atoms with Crippen LogP contribution in [0.1, 0.15) is 32.1 Å². The summed E-state index contributed by atoms with van der Waals surface area (Å²) in [6, 6.07) is 0. The molecule has 3 nitrogen and oxygen atoms in total. The summed E-state index contributed by atoms with van der Waals surface area (Å²) in [6.45, 7) is 4.05. The molecule has 4 rings (SSSR count). The summed E-state index contributed by atoms with van der Waals surface area (Å²) < 4.78 is 5.35. The second-order valence-electron chi connectivity index (χ2n) is 6.73. The molecule has 0 spiro atoms. The third kappa shape index (κ3) is 2.47. The van der Waals surface area contributed by atoms with Gasteiger partial charge in [0.25, 0.3) is 0 Å². The first-order valence-corrected chi connectivity index (χ1v) is 8.49. The molecule has 1 N–H and O–H groups in total. The molecule has 1 saturated heterocycles. The van der Waals surface area contributed by atoms with Crippen LogP contribution in [0, 0.1) is 11.8 Å². The van der Waals surface area contributed by atoms with Crippen LogP contribution in [0.2, 0.25) is 0 Å². The maximum absolute atomic E-state index is 5.35. The van der Waals surface area contributed by atoms with Gasteiger partial charge in [-0.3, -0.25) is 0 Å². The summed E-state index contributed by atoms with van der Waals surface area (Å²) in [5, 5.41) is 3.59. The monoisotopic (exact) mass is 286 g/mol. The van der Waals surface area contributed by atoms with Gasteiger partial charge in [0.2, 0.25) is 0 Å². The van der Waals surface area contributed by atoms with E-state index in [-0.39, 0.29) is 0 Å². The van der Waals surface area contributed by atoms with Gasteiger partial charge >= 0.3 is 0 Å². The normalized spacial score (nSPS) is 28.8. The molecule has 114 valence electrons. The van der Waals surface area contributed by atoms with E-state index in [1.165, 1.54) is 31.4 Å². The predicted octanol–water partition coefficient (Wildman–Crippen LogP) is 2.83. The zero-order valence-electron chi connectivity index (χ0n) is 13.0. The molecule has 0 amide bonds. The average molecular weight is 286 g/mol. The van der Waals surface area contributed by atoms with E-state index >= 15 is 0 Å². The molecule has 3 heteroatoms. The zero-order chi connectivity index (χ0) is 14.2. The topological polar surface area (TPSA) is 24.5 Å². The number of nitrogens with one attached hydrogen (secondary N) is 1. The highest BCUT2D eigenvalue weighted by molar-refractivity contribution is 5.47. The quantitative estimate of drug-likeness (QED) is 0.860. The molecule has 0 aromatic carbocycles. The van der Waals surface area contributed by atoms with Crippen molar-refractivity contribution in [1.29, 1.82) is 0 Å². The lowest BCUT2D eigenvalue weighted by molar-refractivity contribution is 0.193. The fourth-order valence-corrected chi connectivity index (χ4v) is 4.16. The summed E-state index contributed by atoms with van der Waals surface area (Å²) in [7, 11) is 1.81. The Morgan fingerprint density at radius 2 is 2.29 bits per heavy atom. The summed E-state index contributed by atoms with van der Waals surface area (Å²) in [5.41, 5.74) is 6.36. The van der Waals surface area contributed by atoms with Crippen molar-refractivity contribution in [3.05, 3.63) is 34.7 Å². The van der Waals surface area contributed by atoms with Crippen LogP contribution >= 0.6 is 0 Å². The van der Waals surface area contributed by atoms with Crippen molar-refractivity contribution in [3.8, 4) is 0 Å². The van der Waals surface area contributed by atoms with Gasteiger partial charge in [0, 0.05) is 50.5 Å². The molecule has 0 bridgehead atoms. The first-order chi connectivity index (χ1) is 10.4. The Morgan fingerprint density at radius 1 is 1.38 bits per heavy atom. The number of rotatable bonds is 4. The van der Waals surface area contributed by atoms with Gasteiger partial charge in [0.1, 0.15) is 0 Å². The number of ether oxygens (including phenoxy) is 1. The summed E-state index contributed by atoms with van der Waals surface area (Å²) in [4.78, 5) is 2.60. The Kier molecular flexibility index (Phi) is 3.64. The molecule has 0 aromatic heterocycles. The molecule has 0 radical (unpaired) electrons. The average Bonchev–Trinajstić information content (AvgIpc) is 3.34. The smallest absolute Gasteiger partial charge is 0.0516 e. The Balaban J connectivity index is 1.73. The Hall–Kier alpha value is -1.06. The van der Waals surface area contributed by atoms with Gasteiger partial charge in [0.15, 0.2) is 0 Å². The molecule has 4 aliphatic rings. The molecule has 2 heterocycles. The van der Waals surface area contributed by atoms with E-state index in [1.54, 1.807) is 16.8 Å². The van der Waals surface area contributed by atoms with Gasteiger partial charge in [-0.25, -0.2) is 0 Å². The maximum atomic E-state index is 5.35. The lowest BCUT2D eigenvalue weighted by Gasteiger charge is -2.39. The fourth-order valence-electron chi connectivity index (χ4n) is 4.16. The van der Waals surface area contributed by atoms with Crippen LogP contribution in [0.25, 0.3) is 0 Å². The second-order valence-corrected chi connectivity index (χ2v) is 6.73. The first-order valence-electron chi connectivity index (χ1n) is 8.49. The summed E-state index contributed by atoms with van der Waals surface area (Å²) in [6.07, 6.45) is 11.4. The van der Waals surface area contributed by atoms with E-state index in [9.17, 15) is 0 Å². The molecule has 1 unspecified atom stereocenters. The Morgan fingerprint density at radius 3 is 3.10 bits per heavy atom. The Labute approximate surface area is 127 Å². The zero-order valence-corrected chi connectivity index (χ0v) is 13.0. The van der Waals surface area contributed by atoms with Gasteiger partial charge in [-0.1, -0.05) is 12.2 Å². The van der Waals surface area contributed by atoms with Gasteiger partial charge in [0.05, 0.1) is 6.61 Å². The maximum Gasteiger partial charge on any atom is 0.0516 e. The minimum absolute atomic E-state index is 0.713. The lowest BCUT2D eigenvalue weighted by atomic mass is 9.80. The van der Waals surface area contributed by atoms with Crippen LogP contribution in [0.4, 0.5) is 0 Å². The van der Waals surface area contributed by atoms with Crippen LogP contribution in [-0.4, -0.2) is 38.3 Å². The highest BCUT2D eigenvalue weighted by atomic mass is 16.5. The largest absolute Gasteiger partial charge is 0.384 e. The molecule has 0 aromatic rings. The molecule has 1 saturated carbocycles. The number of methoxy groups -OCH3 is 1. The SMILES string of the molecule is COCCC1=CC(C2CC2)C2=C3C(=CCC2)CNCCN13. The van der Waals surface area contributed by atoms with Crippen molar-refractivity contribution in [3.63, 3.8) is 0 Å². The highest BCUT2D eigenvalue weighted by Crippen LogP contribution is 2.49. The van der Waals surface area contributed by atoms with Gasteiger partial charge in [-0.05, 0) is 42.7 Å². The van der Waals surface area contributed by atoms with Crippen molar-refractivity contribution >= 4 is 0 Å². The fraction of sp³-hybridized carbons (Fsp3) is 0.667. The molecular weight excluding hydrogens is 260 g/mol.